The molecule has 3 nitrogen and oxygen atoms in total. The number of amides is 1. The van der Waals surface area contributed by atoms with Crippen molar-refractivity contribution in [1.82, 2.24) is 10.6 Å². The summed E-state index contributed by atoms with van der Waals surface area (Å²) in [6, 6.07) is 0. The molecule has 0 aromatic rings. The third-order valence-corrected chi connectivity index (χ3v) is 3.89. The van der Waals surface area contributed by atoms with Gasteiger partial charge in [-0.3, -0.25) is 4.79 Å². The van der Waals surface area contributed by atoms with Crippen molar-refractivity contribution in [2.75, 3.05) is 13.1 Å². The minimum Gasteiger partial charge on any atom is -0.355 e. The Bertz CT molecular complexity index is 242. The number of hydrogen-bond donors (Lipinski definition) is 2. The largest absolute Gasteiger partial charge is 0.355 e. The molecule has 2 rings (SSSR count). The predicted octanol–water partition coefficient (Wildman–Crippen LogP) is 1.82. The van der Waals surface area contributed by atoms with Crippen LogP contribution in [0, 0.1) is 5.92 Å². The van der Waals surface area contributed by atoms with E-state index in [4.69, 9.17) is 0 Å². The van der Waals surface area contributed by atoms with Crippen LogP contribution < -0.4 is 10.6 Å². The maximum absolute atomic E-state index is 12.0. The van der Waals surface area contributed by atoms with Crippen molar-refractivity contribution < 1.29 is 4.79 Å². The summed E-state index contributed by atoms with van der Waals surface area (Å²) in [5, 5.41) is 6.42. The van der Waals surface area contributed by atoms with Gasteiger partial charge < -0.3 is 10.6 Å². The zero-order valence-corrected chi connectivity index (χ0v) is 10.3. The van der Waals surface area contributed by atoms with Crippen LogP contribution in [0.3, 0.4) is 0 Å². The number of carbonyl (C=O) groups is 1. The van der Waals surface area contributed by atoms with E-state index in [2.05, 4.69) is 10.6 Å². The lowest BCUT2D eigenvalue weighted by atomic mass is 9.90. The van der Waals surface area contributed by atoms with E-state index in [0.717, 1.165) is 31.8 Å². The van der Waals surface area contributed by atoms with Crippen LogP contribution in [0.15, 0.2) is 0 Å². The maximum atomic E-state index is 12.0. The summed E-state index contributed by atoms with van der Waals surface area (Å²) in [6.07, 6.45) is 8.60. The second-order valence-electron chi connectivity index (χ2n) is 5.56. The number of rotatable bonds is 5. The summed E-state index contributed by atoms with van der Waals surface area (Å²) in [4.78, 5) is 12.0. The molecule has 1 unspecified atom stereocenters. The van der Waals surface area contributed by atoms with Crippen molar-refractivity contribution in [3.63, 3.8) is 0 Å². The molecule has 0 spiro atoms. The third-order valence-electron chi connectivity index (χ3n) is 3.89. The van der Waals surface area contributed by atoms with Gasteiger partial charge in [0.05, 0.1) is 5.54 Å². The fourth-order valence-corrected chi connectivity index (χ4v) is 2.44. The summed E-state index contributed by atoms with van der Waals surface area (Å²) < 4.78 is 0. The molecule has 16 heavy (non-hydrogen) atoms. The standard InChI is InChI=1S/C13H24N2O/c1-13(8-2-3-10-15-13)12(16)14-9-4-5-11-6-7-11/h11,15H,2-10H2,1H3,(H,14,16). The molecule has 2 N–H and O–H groups in total. The Morgan fingerprint density at radius 3 is 2.88 bits per heavy atom. The lowest BCUT2D eigenvalue weighted by Gasteiger charge is -2.33. The monoisotopic (exact) mass is 224 g/mol. The summed E-state index contributed by atoms with van der Waals surface area (Å²) in [6.45, 7) is 3.86. The van der Waals surface area contributed by atoms with Gasteiger partial charge in [0, 0.05) is 6.54 Å². The second kappa shape index (κ2) is 5.17. The predicted molar refractivity (Wildman–Crippen MR) is 65.2 cm³/mol. The number of piperidine rings is 1. The molecule has 0 aromatic heterocycles. The van der Waals surface area contributed by atoms with Crippen LogP contribution >= 0.6 is 0 Å². The molecule has 1 atom stereocenters. The van der Waals surface area contributed by atoms with Gasteiger partial charge in [0.1, 0.15) is 0 Å². The molecule has 2 aliphatic rings. The van der Waals surface area contributed by atoms with Crippen LogP contribution in [0.4, 0.5) is 0 Å². The van der Waals surface area contributed by atoms with Crippen LogP contribution in [0.5, 0.6) is 0 Å². The Morgan fingerprint density at radius 1 is 1.44 bits per heavy atom. The molecule has 2 fully saturated rings. The zero-order chi connectivity index (χ0) is 11.4. The van der Waals surface area contributed by atoms with Crippen molar-refractivity contribution in [3.8, 4) is 0 Å². The molecular formula is C13H24N2O. The Labute approximate surface area is 98.4 Å². The molecule has 1 amide bonds. The van der Waals surface area contributed by atoms with E-state index < -0.39 is 0 Å². The molecule has 1 saturated carbocycles. The average Bonchev–Trinajstić information content (AvgIpc) is 3.09. The van der Waals surface area contributed by atoms with E-state index in [9.17, 15) is 4.79 Å². The van der Waals surface area contributed by atoms with Gasteiger partial charge in [0.2, 0.25) is 5.91 Å². The minimum absolute atomic E-state index is 0.197. The molecule has 1 heterocycles. The maximum Gasteiger partial charge on any atom is 0.240 e. The normalized spacial score (nSPS) is 30.1. The molecule has 92 valence electrons. The van der Waals surface area contributed by atoms with Crippen LogP contribution in [0.25, 0.3) is 0 Å². The van der Waals surface area contributed by atoms with Crippen molar-refractivity contribution in [2.45, 2.75) is 57.4 Å². The van der Waals surface area contributed by atoms with Crippen molar-refractivity contribution in [2.24, 2.45) is 5.92 Å². The number of hydrogen-bond acceptors (Lipinski definition) is 2. The highest BCUT2D eigenvalue weighted by Gasteiger charge is 2.33. The van der Waals surface area contributed by atoms with E-state index in [1.165, 1.54) is 32.1 Å². The molecule has 3 heteroatoms. The lowest BCUT2D eigenvalue weighted by molar-refractivity contribution is -0.127. The highest BCUT2D eigenvalue weighted by molar-refractivity contribution is 5.85. The van der Waals surface area contributed by atoms with Gasteiger partial charge >= 0.3 is 0 Å². The first-order valence-electron chi connectivity index (χ1n) is 6.74. The van der Waals surface area contributed by atoms with Crippen molar-refractivity contribution >= 4 is 5.91 Å². The van der Waals surface area contributed by atoms with Crippen LogP contribution in [0.2, 0.25) is 0 Å². The third kappa shape index (κ3) is 3.21. The van der Waals surface area contributed by atoms with Gasteiger partial charge in [-0.05, 0) is 51.5 Å². The first-order chi connectivity index (χ1) is 7.71. The summed E-state index contributed by atoms with van der Waals surface area (Å²) >= 11 is 0. The molecule has 1 aliphatic carbocycles. The molecule has 1 aliphatic heterocycles. The molecule has 0 bridgehead atoms. The fraction of sp³-hybridized carbons (Fsp3) is 0.923. The van der Waals surface area contributed by atoms with Gasteiger partial charge in [0.25, 0.3) is 0 Å². The average molecular weight is 224 g/mol. The van der Waals surface area contributed by atoms with Crippen molar-refractivity contribution in [3.05, 3.63) is 0 Å². The Morgan fingerprint density at radius 2 is 2.25 bits per heavy atom. The number of carbonyl (C=O) groups excluding carboxylic acids is 1. The minimum atomic E-state index is -0.308. The topological polar surface area (TPSA) is 41.1 Å². The van der Waals surface area contributed by atoms with E-state index in [1.54, 1.807) is 0 Å². The Kier molecular flexibility index (Phi) is 3.85. The molecular weight excluding hydrogens is 200 g/mol. The zero-order valence-electron chi connectivity index (χ0n) is 10.3. The summed E-state index contributed by atoms with van der Waals surface area (Å²) in [5.74, 6) is 1.17. The van der Waals surface area contributed by atoms with Gasteiger partial charge in [-0.25, -0.2) is 0 Å². The first kappa shape index (κ1) is 11.9. The Balaban J connectivity index is 1.64. The van der Waals surface area contributed by atoms with Gasteiger partial charge in [0.15, 0.2) is 0 Å². The summed E-state index contributed by atoms with van der Waals surface area (Å²) in [7, 11) is 0. The number of nitrogens with one attached hydrogen (secondary N) is 2. The van der Waals surface area contributed by atoms with Crippen LogP contribution in [-0.4, -0.2) is 24.5 Å². The smallest absolute Gasteiger partial charge is 0.240 e. The Hall–Kier alpha value is -0.570. The van der Waals surface area contributed by atoms with Gasteiger partial charge in [-0.2, -0.15) is 0 Å². The van der Waals surface area contributed by atoms with Gasteiger partial charge in [-0.15, -0.1) is 0 Å². The first-order valence-corrected chi connectivity index (χ1v) is 6.74. The molecule has 1 saturated heterocycles. The van der Waals surface area contributed by atoms with Crippen molar-refractivity contribution in [1.29, 1.82) is 0 Å². The van der Waals surface area contributed by atoms with E-state index in [1.807, 2.05) is 6.92 Å². The van der Waals surface area contributed by atoms with Gasteiger partial charge in [-0.1, -0.05) is 12.8 Å². The quantitative estimate of drug-likeness (QED) is 0.699. The fourth-order valence-electron chi connectivity index (χ4n) is 2.44. The highest BCUT2D eigenvalue weighted by Crippen LogP contribution is 2.33. The van der Waals surface area contributed by atoms with E-state index >= 15 is 0 Å². The SMILES string of the molecule is CC1(C(=O)NCCCC2CC2)CCCCN1. The van der Waals surface area contributed by atoms with Crippen LogP contribution in [0.1, 0.15) is 51.9 Å². The van der Waals surface area contributed by atoms with E-state index in [0.29, 0.717) is 0 Å². The molecule has 0 aromatic carbocycles. The van der Waals surface area contributed by atoms with Crippen LogP contribution in [-0.2, 0) is 4.79 Å². The summed E-state index contributed by atoms with van der Waals surface area (Å²) in [5.41, 5.74) is -0.308. The lowest BCUT2D eigenvalue weighted by Crippen LogP contribution is -2.57. The highest BCUT2D eigenvalue weighted by atomic mass is 16.2. The molecule has 0 radical (unpaired) electrons. The second-order valence-corrected chi connectivity index (χ2v) is 5.56. The van der Waals surface area contributed by atoms with E-state index in [-0.39, 0.29) is 11.4 Å².